The van der Waals surface area contributed by atoms with Gasteiger partial charge in [-0.25, -0.2) is 0 Å². The molecule has 0 aromatic heterocycles. The van der Waals surface area contributed by atoms with E-state index in [0.29, 0.717) is 5.69 Å². The van der Waals surface area contributed by atoms with Gasteiger partial charge in [-0.05, 0) is 19.1 Å². The smallest absolute Gasteiger partial charge is 0.310 e. The molecule has 0 aliphatic rings. The molecule has 3 N–H and O–H groups in total. The quantitative estimate of drug-likeness (QED) is 0.598. The number of carboxylic acid groups (broad SMARTS) is 1. The molecule has 88 valence electrons. The molecule has 0 unspecified atom stereocenters. The summed E-state index contributed by atoms with van der Waals surface area (Å²) in [6, 6.07) is 7.39. The number of nitrogen functional groups attached to an aromatic ring is 1. The molecule has 0 spiro atoms. The summed E-state index contributed by atoms with van der Waals surface area (Å²) >= 11 is 0. The van der Waals surface area contributed by atoms with Crippen LogP contribution in [0.3, 0.4) is 0 Å². The number of nitrogens with two attached hydrogens (primary N) is 1. The highest BCUT2D eigenvalue weighted by Crippen LogP contribution is 2.18. The number of aliphatic carboxylic acids is 1. The van der Waals surface area contributed by atoms with Crippen molar-refractivity contribution in [3.8, 4) is 5.75 Å². The first-order chi connectivity index (χ1) is 7.47. The number of methoxy groups -OCH3 is 1. The first-order valence-electron chi connectivity index (χ1n) is 4.57. The van der Waals surface area contributed by atoms with Crippen LogP contribution in [-0.2, 0) is 9.59 Å². The lowest BCUT2D eigenvalue weighted by molar-refractivity contribution is -0.139. The van der Waals surface area contributed by atoms with Crippen molar-refractivity contribution in [3.63, 3.8) is 0 Å². The summed E-state index contributed by atoms with van der Waals surface area (Å²) in [6.07, 6.45) is -0.361. The van der Waals surface area contributed by atoms with Crippen LogP contribution < -0.4 is 10.5 Å². The number of carboxylic acids is 1. The van der Waals surface area contributed by atoms with Crippen molar-refractivity contribution in [2.75, 3.05) is 12.8 Å². The number of anilines is 1. The molecule has 0 saturated heterocycles. The van der Waals surface area contributed by atoms with E-state index in [1.54, 1.807) is 13.2 Å². The van der Waals surface area contributed by atoms with Crippen LogP contribution in [0.4, 0.5) is 5.69 Å². The highest BCUT2D eigenvalue weighted by molar-refractivity contribution is 5.93. The molecule has 1 aromatic carbocycles. The molecule has 5 nitrogen and oxygen atoms in total. The molecule has 0 bridgehead atoms. The molecule has 16 heavy (non-hydrogen) atoms. The summed E-state index contributed by atoms with van der Waals surface area (Å²) < 4.78 is 4.92. The largest absolute Gasteiger partial charge is 0.495 e. The summed E-state index contributed by atoms with van der Waals surface area (Å²) in [5, 5.41) is 7.86. The molecule has 1 aromatic rings. The molecule has 0 aliphatic heterocycles. The normalized spacial score (nSPS) is 8.62. The Hall–Kier alpha value is -2.04. The maximum absolute atomic E-state index is 9.87. The van der Waals surface area contributed by atoms with Crippen LogP contribution in [0.15, 0.2) is 24.3 Å². The van der Waals surface area contributed by atoms with E-state index in [1.165, 1.54) is 6.92 Å². The third kappa shape index (κ3) is 6.42. The number of Topliss-reactive ketones (excluding diaryl/α,β-unsaturated/α-hetero) is 1. The van der Waals surface area contributed by atoms with Crippen LogP contribution in [0.25, 0.3) is 0 Å². The van der Waals surface area contributed by atoms with Gasteiger partial charge in [0.05, 0.1) is 12.8 Å². The van der Waals surface area contributed by atoms with Gasteiger partial charge >= 0.3 is 5.97 Å². The highest BCUT2D eigenvalue weighted by Gasteiger charge is 1.98. The lowest BCUT2D eigenvalue weighted by Crippen LogP contribution is -2.00. The lowest BCUT2D eigenvalue weighted by atomic mass is 10.3. The van der Waals surface area contributed by atoms with E-state index in [2.05, 4.69) is 0 Å². The second kappa shape index (κ2) is 7.28. The first-order valence-corrected chi connectivity index (χ1v) is 4.57. The molecule has 0 radical (unpaired) electrons. The maximum Gasteiger partial charge on any atom is 0.310 e. The number of carbonyl (C=O) groups excluding carboxylic acids is 1. The monoisotopic (exact) mass is 225 g/mol. The topological polar surface area (TPSA) is 89.6 Å². The first kappa shape index (κ1) is 14.0. The number of ketones is 1. The minimum absolute atomic E-state index is 0.312. The van der Waals surface area contributed by atoms with Gasteiger partial charge in [-0.3, -0.25) is 9.59 Å². The second-order valence-electron chi connectivity index (χ2n) is 3.01. The SMILES string of the molecule is CC(=O)CC(=O)O.COc1ccccc1N. The molecule has 0 fully saturated rings. The van der Waals surface area contributed by atoms with Crippen LogP contribution in [0.5, 0.6) is 5.75 Å². The summed E-state index contributed by atoms with van der Waals surface area (Å²) in [5.74, 6) is -0.641. The average molecular weight is 225 g/mol. The Morgan fingerprint density at radius 1 is 1.38 bits per heavy atom. The lowest BCUT2D eigenvalue weighted by Gasteiger charge is -2.00. The Balaban J connectivity index is 0.000000293. The van der Waals surface area contributed by atoms with Crippen molar-refractivity contribution < 1.29 is 19.4 Å². The Kier molecular flexibility index (Phi) is 6.35. The van der Waals surface area contributed by atoms with Gasteiger partial charge in [-0.2, -0.15) is 0 Å². The van der Waals surface area contributed by atoms with Gasteiger partial charge in [0.2, 0.25) is 0 Å². The van der Waals surface area contributed by atoms with Crippen molar-refractivity contribution in [2.24, 2.45) is 0 Å². The standard InChI is InChI=1S/C7H9NO.C4H6O3/c1-9-7-5-3-2-4-6(7)8;1-3(5)2-4(6)7/h2-5H,8H2,1H3;2H2,1H3,(H,6,7). The van der Waals surface area contributed by atoms with Crippen LogP contribution in [0.1, 0.15) is 13.3 Å². The Bertz CT molecular complexity index is 351. The Morgan fingerprint density at radius 3 is 2.19 bits per heavy atom. The number of hydrogen-bond donors (Lipinski definition) is 2. The molecule has 5 heteroatoms. The summed E-state index contributed by atoms with van der Waals surface area (Å²) in [6.45, 7) is 1.24. The van der Waals surface area contributed by atoms with Crippen molar-refractivity contribution in [3.05, 3.63) is 24.3 Å². The number of benzene rings is 1. The van der Waals surface area contributed by atoms with Gasteiger partial charge in [-0.15, -0.1) is 0 Å². The van der Waals surface area contributed by atoms with E-state index in [0.717, 1.165) is 5.75 Å². The highest BCUT2D eigenvalue weighted by atomic mass is 16.5. The van der Waals surface area contributed by atoms with Crippen molar-refractivity contribution in [1.82, 2.24) is 0 Å². The molecule has 0 amide bonds. The van der Waals surface area contributed by atoms with E-state index in [1.807, 2.05) is 18.2 Å². The molecule has 0 saturated carbocycles. The average Bonchev–Trinajstić information content (AvgIpc) is 2.17. The minimum atomic E-state index is -1.06. The fourth-order valence-electron chi connectivity index (χ4n) is 0.879. The minimum Gasteiger partial charge on any atom is -0.495 e. The Morgan fingerprint density at radius 2 is 1.94 bits per heavy atom. The predicted molar refractivity (Wildman–Crippen MR) is 60.3 cm³/mol. The molecular weight excluding hydrogens is 210 g/mol. The second-order valence-corrected chi connectivity index (χ2v) is 3.01. The summed E-state index contributed by atoms with van der Waals surface area (Å²) in [4.78, 5) is 19.5. The van der Waals surface area contributed by atoms with Crippen LogP contribution >= 0.6 is 0 Å². The van der Waals surface area contributed by atoms with Crippen molar-refractivity contribution in [2.45, 2.75) is 13.3 Å². The molecule has 1 rings (SSSR count). The van der Waals surface area contributed by atoms with Crippen LogP contribution in [0.2, 0.25) is 0 Å². The van der Waals surface area contributed by atoms with Gasteiger partial charge in [0.25, 0.3) is 0 Å². The van der Waals surface area contributed by atoms with Gasteiger partial charge in [-0.1, -0.05) is 12.1 Å². The van der Waals surface area contributed by atoms with Gasteiger partial charge < -0.3 is 15.6 Å². The third-order valence-electron chi connectivity index (χ3n) is 1.54. The number of para-hydroxylation sites is 2. The van der Waals surface area contributed by atoms with Gasteiger partial charge in [0.1, 0.15) is 18.0 Å². The number of ether oxygens (including phenoxy) is 1. The Labute approximate surface area is 93.8 Å². The summed E-state index contributed by atoms with van der Waals surface area (Å²) in [5.41, 5.74) is 6.19. The molecule has 0 atom stereocenters. The van der Waals surface area contributed by atoms with E-state index in [4.69, 9.17) is 15.6 Å². The van der Waals surface area contributed by atoms with Gasteiger partial charge in [0, 0.05) is 0 Å². The van der Waals surface area contributed by atoms with Crippen molar-refractivity contribution in [1.29, 1.82) is 0 Å². The van der Waals surface area contributed by atoms with E-state index >= 15 is 0 Å². The fraction of sp³-hybridized carbons (Fsp3) is 0.273. The van der Waals surface area contributed by atoms with E-state index < -0.39 is 5.97 Å². The maximum atomic E-state index is 9.87. The zero-order valence-electron chi connectivity index (χ0n) is 9.27. The number of hydrogen-bond acceptors (Lipinski definition) is 4. The fourth-order valence-corrected chi connectivity index (χ4v) is 0.879. The van der Waals surface area contributed by atoms with E-state index in [-0.39, 0.29) is 12.2 Å². The molecular formula is C11H15NO4. The van der Waals surface area contributed by atoms with Crippen molar-refractivity contribution >= 4 is 17.4 Å². The van der Waals surface area contributed by atoms with E-state index in [9.17, 15) is 9.59 Å². The zero-order valence-corrected chi connectivity index (χ0v) is 9.27. The molecule has 0 aliphatic carbocycles. The number of rotatable bonds is 3. The predicted octanol–water partition coefficient (Wildman–Crippen LogP) is 1.33. The molecule has 0 heterocycles. The van der Waals surface area contributed by atoms with Crippen LogP contribution in [-0.4, -0.2) is 24.0 Å². The summed E-state index contributed by atoms with van der Waals surface area (Å²) in [7, 11) is 1.60. The zero-order chi connectivity index (χ0) is 12.6. The van der Waals surface area contributed by atoms with Gasteiger partial charge in [0.15, 0.2) is 0 Å². The third-order valence-corrected chi connectivity index (χ3v) is 1.54. The van der Waals surface area contributed by atoms with Crippen LogP contribution in [0, 0.1) is 0 Å². The number of carbonyl (C=O) groups is 2.